The second kappa shape index (κ2) is 9.59. The number of rotatable bonds is 5. The second-order valence-electron chi connectivity index (χ2n) is 6.09. The van der Waals surface area contributed by atoms with Crippen LogP contribution in [0.1, 0.15) is 23.2 Å². The molecule has 1 aromatic heterocycles. The number of thiophene rings is 1. The predicted octanol–water partition coefficient (Wildman–Crippen LogP) is 2.82. The zero-order valence-corrected chi connectivity index (χ0v) is 16.5. The number of urea groups is 1. The number of hydrogen-bond acceptors (Lipinski definition) is 5. The summed E-state index contributed by atoms with van der Waals surface area (Å²) in [6.45, 7) is 1.72. The van der Waals surface area contributed by atoms with Gasteiger partial charge in [0.2, 0.25) is 0 Å². The molecule has 3 rings (SSSR count). The van der Waals surface area contributed by atoms with E-state index in [4.69, 9.17) is 10.5 Å². The third kappa shape index (κ3) is 5.35. The van der Waals surface area contributed by atoms with Crippen LogP contribution in [-0.2, 0) is 0 Å². The molecule has 3 amide bonds. The molecule has 1 atom stereocenters. The summed E-state index contributed by atoms with van der Waals surface area (Å²) < 4.78 is 5.17. The Balaban J connectivity index is 0.00000261. The van der Waals surface area contributed by atoms with Crippen molar-refractivity contribution in [3.63, 3.8) is 0 Å². The quantitative estimate of drug-likeness (QED) is 0.608. The van der Waals surface area contributed by atoms with Gasteiger partial charge in [-0.1, -0.05) is 0 Å². The largest absolute Gasteiger partial charge is 0.497 e. The summed E-state index contributed by atoms with van der Waals surface area (Å²) in [5, 5.41) is 9.30. The van der Waals surface area contributed by atoms with Crippen LogP contribution in [0.15, 0.2) is 30.3 Å². The van der Waals surface area contributed by atoms with Crippen LogP contribution in [0.3, 0.4) is 0 Å². The van der Waals surface area contributed by atoms with Crippen molar-refractivity contribution in [1.82, 2.24) is 10.6 Å². The molecule has 146 valence electrons. The summed E-state index contributed by atoms with van der Waals surface area (Å²) >= 11 is 1.32. The molecule has 1 saturated heterocycles. The minimum atomic E-state index is -0.693. The van der Waals surface area contributed by atoms with Crippen molar-refractivity contribution < 1.29 is 14.3 Å². The number of halogens is 1. The standard InChI is InChI=1S/C18H22N4O3S.ClH/c1-25-13-6-4-11(5-7-13)15-9-14(17(26-15)22-18(19)24)16(23)21-12-3-2-8-20-10-12;/h4-7,9,12,20H,2-3,8,10H2,1H3,(H,21,23)(H3,19,22,24);1H/t12-;/m0./s1. The van der Waals surface area contributed by atoms with Crippen LogP contribution in [0, 0.1) is 0 Å². The summed E-state index contributed by atoms with van der Waals surface area (Å²) in [6.07, 6.45) is 1.96. The number of hydrogen-bond donors (Lipinski definition) is 4. The second-order valence-corrected chi connectivity index (χ2v) is 7.14. The summed E-state index contributed by atoms with van der Waals surface area (Å²) in [5.74, 6) is 0.544. The van der Waals surface area contributed by atoms with Gasteiger partial charge >= 0.3 is 6.03 Å². The highest BCUT2D eigenvalue weighted by molar-refractivity contribution is 7.20. The molecule has 27 heavy (non-hydrogen) atoms. The zero-order chi connectivity index (χ0) is 18.5. The Morgan fingerprint density at radius 2 is 2.04 bits per heavy atom. The molecule has 1 fully saturated rings. The molecule has 0 aliphatic carbocycles. The lowest BCUT2D eigenvalue weighted by molar-refractivity contribution is 0.0932. The molecule has 0 saturated carbocycles. The van der Waals surface area contributed by atoms with Crippen molar-refractivity contribution in [2.75, 3.05) is 25.5 Å². The van der Waals surface area contributed by atoms with E-state index >= 15 is 0 Å². The fraction of sp³-hybridized carbons (Fsp3) is 0.333. The van der Waals surface area contributed by atoms with Crippen molar-refractivity contribution in [1.29, 1.82) is 0 Å². The number of benzene rings is 1. The average Bonchev–Trinajstić information content (AvgIpc) is 3.06. The lowest BCUT2D eigenvalue weighted by Gasteiger charge is -2.23. The van der Waals surface area contributed by atoms with E-state index in [0.717, 1.165) is 42.1 Å². The molecule has 5 N–H and O–H groups in total. The van der Waals surface area contributed by atoms with E-state index in [0.29, 0.717) is 10.6 Å². The van der Waals surface area contributed by atoms with Crippen LogP contribution in [0.25, 0.3) is 10.4 Å². The van der Waals surface area contributed by atoms with Gasteiger partial charge in [0, 0.05) is 17.5 Å². The van der Waals surface area contributed by atoms with Gasteiger partial charge in [0.1, 0.15) is 10.8 Å². The molecule has 2 heterocycles. The third-order valence-electron chi connectivity index (χ3n) is 4.22. The van der Waals surface area contributed by atoms with Gasteiger partial charge in [-0.05, 0) is 55.3 Å². The maximum atomic E-state index is 12.7. The smallest absolute Gasteiger partial charge is 0.317 e. The first-order valence-corrected chi connectivity index (χ1v) is 9.25. The number of nitrogens with one attached hydrogen (secondary N) is 3. The first-order valence-electron chi connectivity index (χ1n) is 8.43. The van der Waals surface area contributed by atoms with E-state index in [2.05, 4.69) is 16.0 Å². The van der Waals surface area contributed by atoms with Gasteiger partial charge in [0.05, 0.1) is 12.7 Å². The van der Waals surface area contributed by atoms with Crippen LogP contribution < -0.4 is 26.4 Å². The molecular formula is C18H23ClN4O3S. The monoisotopic (exact) mass is 410 g/mol. The zero-order valence-electron chi connectivity index (χ0n) is 14.9. The topological polar surface area (TPSA) is 105 Å². The van der Waals surface area contributed by atoms with E-state index < -0.39 is 6.03 Å². The highest BCUT2D eigenvalue weighted by atomic mass is 35.5. The fourth-order valence-corrected chi connectivity index (χ4v) is 3.96. The number of piperidine rings is 1. The van der Waals surface area contributed by atoms with Gasteiger partial charge in [0.15, 0.2) is 0 Å². The van der Waals surface area contributed by atoms with Gasteiger partial charge in [-0.15, -0.1) is 23.7 Å². The molecule has 9 heteroatoms. The van der Waals surface area contributed by atoms with Crippen molar-refractivity contribution in [2.45, 2.75) is 18.9 Å². The average molecular weight is 411 g/mol. The molecule has 0 bridgehead atoms. The summed E-state index contributed by atoms with van der Waals surface area (Å²) in [4.78, 5) is 24.9. The number of carbonyl (C=O) groups excluding carboxylic acids is 2. The van der Waals surface area contributed by atoms with E-state index in [1.807, 2.05) is 24.3 Å². The Morgan fingerprint density at radius 1 is 1.30 bits per heavy atom. The molecule has 2 aromatic rings. The van der Waals surface area contributed by atoms with Crippen LogP contribution in [0.5, 0.6) is 5.75 Å². The Morgan fingerprint density at radius 3 is 2.63 bits per heavy atom. The molecule has 7 nitrogen and oxygen atoms in total. The molecule has 0 spiro atoms. The number of carbonyl (C=O) groups is 2. The predicted molar refractivity (Wildman–Crippen MR) is 110 cm³/mol. The molecule has 1 aromatic carbocycles. The normalized spacial score (nSPS) is 16.1. The molecule has 0 radical (unpaired) electrons. The summed E-state index contributed by atoms with van der Waals surface area (Å²) in [6, 6.07) is 8.69. The van der Waals surface area contributed by atoms with Crippen LogP contribution in [-0.4, -0.2) is 38.2 Å². The van der Waals surface area contributed by atoms with E-state index in [1.165, 1.54) is 11.3 Å². The van der Waals surface area contributed by atoms with Crippen molar-refractivity contribution in [2.24, 2.45) is 5.73 Å². The number of ether oxygens (including phenoxy) is 1. The van der Waals surface area contributed by atoms with E-state index in [9.17, 15) is 9.59 Å². The Kier molecular flexibility index (Phi) is 7.46. The minimum Gasteiger partial charge on any atom is -0.497 e. The summed E-state index contributed by atoms with van der Waals surface area (Å²) in [5.41, 5.74) is 6.62. The Labute approximate surface area is 168 Å². The van der Waals surface area contributed by atoms with Crippen molar-refractivity contribution >= 4 is 40.7 Å². The minimum absolute atomic E-state index is 0. The number of nitrogens with two attached hydrogens (primary N) is 1. The molecule has 0 unspecified atom stereocenters. The van der Waals surface area contributed by atoms with Crippen LogP contribution in [0.4, 0.5) is 9.80 Å². The lowest BCUT2D eigenvalue weighted by Crippen LogP contribution is -2.45. The van der Waals surface area contributed by atoms with Gasteiger partial charge < -0.3 is 21.1 Å². The Hall–Kier alpha value is -2.29. The molecular weight excluding hydrogens is 388 g/mol. The number of primary amides is 1. The van der Waals surface area contributed by atoms with Crippen molar-refractivity contribution in [3.8, 4) is 16.2 Å². The van der Waals surface area contributed by atoms with Crippen molar-refractivity contribution in [3.05, 3.63) is 35.9 Å². The van der Waals surface area contributed by atoms with Crippen LogP contribution in [0.2, 0.25) is 0 Å². The highest BCUT2D eigenvalue weighted by Crippen LogP contribution is 2.36. The van der Waals surface area contributed by atoms with Gasteiger partial charge in [-0.25, -0.2) is 4.79 Å². The van der Waals surface area contributed by atoms with E-state index in [1.54, 1.807) is 13.2 Å². The Bertz CT molecular complexity index is 788. The molecule has 1 aliphatic heterocycles. The SMILES string of the molecule is COc1ccc(-c2cc(C(=O)N[C@H]3CCCNC3)c(NC(N)=O)s2)cc1.Cl. The van der Waals surface area contributed by atoms with Gasteiger partial charge in [-0.3, -0.25) is 10.1 Å². The maximum Gasteiger partial charge on any atom is 0.317 e. The maximum absolute atomic E-state index is 12.7. The number of amides is 3. The third-order valence-corrected chi connectivity index (χ3v) is 5.32. The first kappa shape index (κ1) is 21.0. The van der Waals surface area contributed by atoms with E-state index in [-0.39, 0.29) is 24.4 Å². The highest BCUT2D eigenvalue weighted by Gasteiger charge is 2.22. The van der Waals surface area contributed by atoms with Crippen LogP contribution >= 0.6 is 23.7 Å². The fourth-order valence-electron chi connectivity index (χ4n) is 2.90. The molecule has 1 aliphatic rings. The summed E-state index contributed by atoms with van der Waals surface area (Å²) in [7, 11) is 1.61. The van der Waals surface area contributed by atoms with Gasteiger partial charge in [0.25, 0.3) is 5.91 Å². The first-order chi connectivity index (χ1) is 12.6. The van der Waals surface area contributed by atoms with Gasteiger partial charge in [-0.2, -0.15) is 0 Å². The lowest BCUT2D eigenvalue weighted by atomic mass is 10.1. The number of anilines is 1. The number of methoxy groups -OCH3 is 1.